The Labute approximate surface area is 220 Å². The van der Waals surface area contributed by atoms with Crippen LogP contribution >= 0.6 is 0 Å². The molecule has 0 bridgehead atoms. The third-order valence-corrected chi connectivity index (χ3v) is 4.80. The van der Waals surface area contributed by atoms with Crippen LogP contribution in [0, 0.1) is 0 Å². The predicted octanol–water partition coefficient (Wildman–Crippen LogP) is 3.84. The molecular formula is C28H30O10. The van der Waals surface area contributed by atoms with Crippen LogP contribution < -0.4 is 14.2 Å². The molecule has 10 heteroatoms. The Bertz CT molecular complexity index is 1100. The molecule has 0 radical (unpaired) electrons. The standard InChI is InChI=1S/C28H30O10/c1-4-25(29)36-16-6-5-15-34-23-11-13-24(14-12-23)38-28(32)21-7-9-22(10-8-21)35-17-18-37-27(31)20(2)19-26(30)33-3/h4,7-14H,1-2,5-6,15-19H2,3H3. The van der Waals surface area contributed by atoms with Crippen LogP contribution in [-0.2, 0) is 28.6 Å². The van der Waals surface area contributed by atoms with E-state index in [0.717, 1.165) is 6.08 Å². The second kappa shape index (κ2) is 16.2. The number of ether oxygens (including phenoxy) is 6. The third-order valence-electron chi connectivity index (χ3n) is 4.80. The van der Waals surface area contributed by atoms with Crippen LogP contribution in [0.3, 0.4) is 0 Å². The number of hydrogen-bond acceptors (Lipinski definition) is 10. The van der Waals surface area contributed by atoms with Crippen LogP contribution in [-0.4, -0.2) is 57.4 Å². The fourth-order valence-electron chi connectivity index (χ4n) is 2.80. The number of carbonyl (C=O) groups excluding carboxylic acids is 4. The van der Waals surface area contributed by atoms with Gasteiger partial charge in [0.2, 0.25) is 0 Å². The van der Waals surface area contributed by atoms with Gasteiger partial charge in [0.1, 0.15) is 30.5 Å². The molecule has 202 valence electrons. The maximum absolute atomic E-state index is 12.4. The minimum atomic E-state index is -0.708. The zero-order valence-electron chi connectivity index (χ0n) is 21.1. The molecule has 0 aliphatic heterocycles. The number of esters is 4. The highest BCUT2D eigenvalue weighted by molar-refractivity contribution is 5.93. The number of rotatable bonds is 16. The normalized spacial score (nSPS) is 10.0. The van der Waals surface area contributed by atoms with Crippen LogP contribution in [0.4, 0.5) is 0 Å². The molecule has 0 saturated carbocycles. The summed E-state index contributed by atoms with van der Waals surface area (Å²) in [6.07, 6.45) is 2.25. The third kappa shape index (κ3) is 11.0. The van der Waals surface area contributed by atoms with Crippen molar-refractivity contribution < 1.29 is 47.6 Å². The van der Waals surface area contributed by atoms with Gasteiger partial charge in [0.05, 0.1) is 32.3 Å². The second-order valence-electron chi connectivity index (χ2n) is 7.65. The molecule has 0 aliphatic carbocycles. The van der Waals surface area contributed by atoms with E-state index >= 15 is 0 Å². The number of benzene rings is 2. The lowest BCUT2D eigenvalue weighted by Crippen LogP contribution is -2.15. The van der Waals surface area contributed by atoms with Crippen molar-refractivity contribution in [2.45, 2.75) is 19.3 Å². The Hall–Kier alpha value is -4.60. The van der Waals surface area contributed by atoms with Gasteiger partial charge >= 0.3 is 23.9 Å². The Kier molecular flexibility index (Phi) is 12.6. The van der Waals surface area contributed by atoms with E-state index in [9.17, 15) is 19.2 Å². The highest BCUT2D eigenvalue weighted by Gasteiger charge is 2.13. The summed E-state index contributed by atoms with van der Waals surface area (Å²) in [7, 11) is 1.22. The summed E-state index contributed by atoms with van der Waals surface area (Å²) < 4.78 is 30.8. The second-order valence-corrected chi connectivity index (χ2v) is 7.65. The fourth-order valence-corrected chi connectivity index (χ4v) is 2.80. The lowest BCUT2D eigenvalue weighted by atomic mass is 10.2. The Balaban J connectivity index is 1.68. The van der Waals surface area contributed by atoms with Crippen LogP contribution in [0.2, 0.25) is 0 Å². The summed E-state index contributed by atoms with van der Waals surface area (Å²) >= 11 is 0. The van der Waals surface area contributed by atoms with Gasteiger partial charge in [0.25, 0.3) is 0 Å². The van der Waals surface area contributed by atoms with Gasteiger partial charge in [0.15, 0.2) is 0 Å². The topological polar surface area (TPSA) is 124 Å². The maximum Gasteiger partial charge on any atom is 0.343 e. The van der Waals surface area contributed by atoms with Gasteiger partial charge in [0, 0.05) is 11.6 Å². The number of unbranched alkanes of at least 4 members (excludes halogenated alkanes) is 1. The zero-order chi connectivity index (χ0) is 27.8. The van der Waals surface area contributed by atoms with E-state index in [-0.39, 0.29) is 25.2 Å². The molecule has 0 unspecified atom stereocenters. The van der Waals surface area contributed by atoms with E-state index in [1.165, 1.54) is 7.11 Å². The number of hydrogen-bond donors (Lipinski definition) is 0. The zero-order valence-corrected chi connectivity index (χ0v) is 21.1. The minimum Gasteiger partial charge on any atom is -0.494 e. The summed E-state index contributed by atoms with van der Waals surface area (Å²) in [5.41, 5.74) is 0.308. The fraction of sp³-hybridized carbons (Fsp3) is 0.286. The predicted molar refractivity (Wildman–Crippen MR) is 136 cm³/mol. The first-order chi connectivity index (χ1) is 18.3. The molecule has 0 saturated heterocycles. The molecule has 0 aromatic heterocycles. The lowest BCUT2D eigenvalue weighted by molar-refractivity contribution is -0.144. The molecular weight excluding hydrogens is 496 g/mol. The summed E-state index contributed by atoms with van der Waals surface area (Å²) in [5.74, 6) is -0.841. The van der Waals surface area contributed by atoms with E-state index in [1.54, 1.807) is 48.5 Å². The molecule has 2 aromatic carbocycles. The molecule has 2 rings (SSSR count). The van der Waals surface area contributed by atoms with Crippen molar-refractivity contribution in [1.29, 1.82) is 0 Å². The molecule has 0 N–H and O–H groups in total. The van der Waals surface area contributed by atoms with Crippen molar-refractivity contribution in [2.75, 3.05) is 33.5 Å². The highest BCUT2D eigenvalue weighted by Crippen LogP contribution is 2.20. The summed E-state index contributed by atoms with van der Waals surface area (Å²) in [6, 6.07) is 12.9. The number of carbonyl (C=O) groups is 4. The van der Waals surface area contributed by atoms with E-state index in [4.69, 9.17) is 23.7 Å². The van der Waals surface area contributed by atoms with E-state index in [1.807, 2.05) is 0 Å². The maximum atomic E-state index is 12.4. The minimum absolute atomic E-state index is 0.0115. The van der Waals surface area contributed by atoms with Crippen LogP contribution in [0.15, 0.2) is 73.3 Å². The van der Waals surface area contributed by atoms with Crippen LogP contribution in [0.5, 0.6) is 17.2 Å². The monoisotopic (exact) mass is 526 g/mol. The largest absolute Gasteiger partial charge is 0.494 e. The molecule has 0 amide bonds. The van der Waals surface area contributed by atoms with Crippen molar-refractivity contribution in [2.24, 2.45) is 0 Å². The van der Waals surface area contributed by atoms with Gasteiger partial charge in [-0.3, -0.25) is 4.79 Å². The van der Waals surface area contributed by atoms with Crippen molar-refractivity contribution >= 4 is 23.9 Å². The Morgan fingerprint density at radius 1 is 0.763 bits per heavy atom. The van der Waals surface area contributed by atoms with Gasteiger partial charge in [-0.1, -0.05) is 13.2 Å². The van der Waals surface area contributed by atoms with E-state index < -0.39 is 23.9 Å². The average molecular weight is 527 g/mol. The van der Waals surface area contributed by atoms with E-state index in [2.05, 4.69) is 17.9 Å². The highest BCUT2D eigenvalue weighted by atomic mass is 16.6. The SMILES string of the molecule is C=CC(=O)OCCCCOc1ccc(OC(=O)c2ccc(OCCOC(=O)C(=C)CC(=O)OC)cc2)cc1. The smallest absolute Gasteiger partial charge is 0.343 e. The molecule has 2 aromatic rings. The summed E-state index contributed by atoms with van der Waals surface area (Å²) in [4.78, 5) is 46.3. The van der Waals surface area contributed by atoms with Crippen molar-refractivity contribution in [3.05, 3.63) is 78.9 Å². The molecule has 0 atom stereocenters. The number of methoxy groups -OCH3 is 1. The average Bonchev–Trinajstić information content (AvgIpc) is 2.93. The van der Waals surface area contributed by atoms with Gasteiger partial charge in [-0.2, -0.15) is 0 Å². The molecule has 0 aliphatic rings. The molecule has 38 heavy (non-hydrogen) atoms. The van der Waals surface area contributed by atoms with Gasteiger partial charge in [-0.25, -0.2) is 14.4 Å². The van der Waals surface area contributed by atoms with Crippen molar-refractivity contribution in [1.82, 2.24) is 0 Å². The Morgan fingerprint density at radius 2 is 1.34 bits per heavy atom. The first-order valence-corrected chi connectivity index (χ1v) is 11.7. The first-order valence-electron chi connectivity index (χ1n) is 11.7. The molecule has 0 fully saturated rings. The van der Waals surface area contributed by atoms with Gasteiger partial charge < -0.3 is 28.4 Å². The van der Waals surface area contributed by atoms with Crippen molar-refractivity contribution in [3.63, 3.8) is 0 Å². The van der Waals surface area contributed by atoms with Crippen LogP contribution in [0.1, 0.15) is 29.6 Å². The van der Waals surface area contributed by atoms with E-state index in [0.29, 0.717) is 48.9 Å². The van der Waals surface area contributed by atoms with Gasteiger partial charge in [-0.15, -0.1) is 0 Å². The van der Waals surface area contributed by atoms with Crippen LogP contribution in [0.25, 0.3) is 0 Å². The summed E-state index contributed by atoms with van der Waals surface area (Å²) in [5, 5.41) is 0. The Morgan fingerprint density at radius 3 is 1.97 bits per heavy atom. The quantitative estimate of drug-likeness (QED) is 0.105. The molecule has 0 heterocycles. The lowest BCUT2D eigenvalue weighted by Gasteiger charge is -2.09. The summed E-state index contributed by atoms with van der Waals surface area (Å²) in [6.45, 7) is 7.59. The molecule has 0 spiro atoms. The molecule has 10 nitrogen and oxygen atoms in total. The first kappa shape index (κ1) is 29.6. The van der Waals surface area contributed by atoms with Gasteiger partial charge in [-0.05, 0) is 61.4 Å². The van der Waals surface area contributed by atoms with Crippen molar-refractivity contribution in [3.8, 4) is 17.2 Å².